The van der Waals surface area contributed by atoms with Crippen LogP contribution in [0.4, 0.5) is 0 Å². The molecule has 1 aliphatic heterocycles. The van der Waals surface area contributed by atoms with E-state index in [2.05, 4.69) is 9.47 Å². The zero-order valence-corrected chi connectivity index (χ0v) is 5.75. The number of ether oxygens (including phenoxy) is 2. The third kappa shape index (κ3) is 0.863. The van der Waals surface area contributed by atoms with E-state index in [1.807, 2.05) is 0 Å². The lowest BCUT2D eigenvalue weighted by Crippen LogP contribution is -2.10. The SMILES string of the molecule is COC1=C(C)C(=O)OC1O. The maximum atomic E-state index is 10.6. The molecule has 1 heterocycles. The van der Waals surface area contributed by atoms with E-state index in [1.54, 1.807) is 0 Å². The van der Waals surface area contributed by atoms with Crippen molar-refractivity contribution in [3.8, 4) is 0 Å². The summed E-state index contributed by atoms with van der Waals surface area (Å²) in [5, 5.41) is 8.90. The Hall–Kier alpha value is -1.03. The monoisotopic (exact) mass is 144 g/mol. The number of aliphatic hydroxyl groups is 1. The number of esters is 1. The Balaban J connectivity index is 2.90. The highest BCUT2D eigenvalue weighted by Crippen LogP contribution is 2.20. The molecule has 1 N–H and O–H groups in total. The van der Waals surface area contributed by atoms with Crippen molar-refractivity contribution < 1.29 is 19.4 Å². The van der Waals surface area contributed by atoms with Crippen LogP contribution in [0.15, 0.2) is 11.3 Å². The van der Waals surface area contributed by atoms with Crippen LogP contribution in [0.25, 0.3) is 0 Å². The van der Waals surface area contributed by atoms with Crippen LogP contribution in [0, 0.1) is 0 Å². The Morgan fingerprint density at radius 2 is 2.30 bits per heavy atom. The lowest BCUT2D eigenvalue weighted by molar-refractivity contribution is -0.154. The van der Waals surface area contributed by atoms with E-state index in [0.717, 1.165) is 0 Å². The van der Waals surface area contributed by atoms with E-state index < -0.39 is 12.3 Å². The molecule has 0 saturated heterocycles. The van der Waals surface area contributed by atoms with E-state index in [4.69, 9.17) is 5.11 Å². The Bertz CT molecular complexity index is 194. The first kappa shape index (κ1) is 7.08. The van der Waals surface area contributed by atoms with Gasteiger partial charge in [0.15, 0.2) is 5.76 Å². The molecule has 4 heteroatoms. The van der Waals surface area contributed by atoms with Crippen molar-refractivity contribution in [2.24, 2.45) is 0 Å². The topological polar surface area (TPSA) is 55.8 Å². The average molecular weight is 144 g/mol. The predicted molar refractivity (Wildman–Crippen MR) is 31.8 cm³/mol. The van der Waals surface area contributed by atoms with Gasteiger partial charge in [-0.25, -0.2) is 4.79 Å². The number of aliphatic hydroxyl groups excluding tert-OH is 1. The van der Waals surface area contributed by atoms with E-state index in [1.165, 1.54) is 14.0 Å². The minimum Gasteiger partial charge on any atom is -0.494 e. The molecule has 56 valence electrons. The van der Waals surface area contributed by atoms with Gasteiger partial charge in [0.2, 0.25) is 0 Å². The summed E-state index contributed by atoms with van der Waals surface area (Å²) in [7, 11) is 1.38. The zero-order chi connectivity index (χ0) is 7.72. The molecule has 1 atom stereocenters. The Labute approximate surface area is 58.1 Å². The van der Waals surface area contributed by atoms with Crippen LogP contribution in [-0.4, -0.2) is 24.5 Å². The number of hydrogen-bond donors (Lipinski definition) is 1. The summed E-state index contributed by atoms with van der Waals surface area (Å²) in [5.74, 6) is -0.325. The molecule has 4 nitrogen and oxygen atoms in total. The van der Waals surface area contributed by atoms with Gasteiger partial charge in [0, 0.05) is 0 Å². The van der Waals surface area contributed by atoms with Gasteiger partial charge < -0.3 is 14.6 Å². The van der Waals surface area contributed by atoms with E-state index >= 15 is 0 Å². The van der Waals surface area contributed by atoms with Crippen LogP contribution in [0.3, 0.4) is 0 Å². The molecule has 0 aromatic carbocycles. The van der Waals surface area contributed by atoms with Gasteiger partial charge in [-0.2, -0.15) is 0 Å². The van der Waals surface area contributed by atoms with E-state index in [-0.39, 0.29) is 5.76 Å². The van der Waals surface area contributed by atoms with Crippen molar-refractivity contribution in [1.29, 1.82) is 0 Å². The number of cyclic esters (lactones) is 1. The summed E-state index contributed by atoms with van der Waals surface area (Å²) in [4.78, 5) is 10.6. The number of carbonyl (C=O) groups excluding carboxylic acids is 1. The van der Waals surface area contributed by atoms with Crippen LogP contribution in [-0.2, 0) is 14.3 Å². The fourth-order valence-electron chi connectivity index (χ4n) is 0.783. The summed E-state index contributed by atoms with van der Waals surface area (Å²) in [6, 6.07) is 0. The van der Waals surface area contributed by atoms with Gasteiger partial charge in [0.05, 0.1) is 12.7 Å². The second-order valence-corrected chi connectivity index (χ2v) is 1.95. The quantitative estimate of drug-likeness (QED) is 0.517. The zero-order valence-electron chi connectivity index (χ0n) is 5.75. The van der Waals surface area contributed by atoms with Crippen molar-refractivity contribution in [3.63, 3.8) is 0 Å². The molecule has 0 saturated carbocycles. The second kappa shape index (κ2) is 2.30. The lowest BCUT2D eigenvalue weighted by Gasteiger charge is -2.03. The molecule has 1 rings (SSSR count). The van der Waals surface area contributed by atoms with Gasteiger partial charge in [-0.3, -0.25) is 0 Å². The molecule has 0 spiro atoms. The van der Waals surface area contributed by atoms with Gasteiger partial charge in [-0.05, 0) is 6.92 Å². The van der Waals surface area contributed by atoms with Crippen molar-refractivity contribution in [3.05, 3.63) is 11.3 Å². The average Bonchev–Trinajstić information content (AvgIpc) is 2.09. The van der Waals surface area contributed by atoms with Crippen molar-refractivity contribution in [2.45, 2.75) is 13.2 Å². The Morgan fingerprint density at radius 1 is 1.70 bits per heavy atom. The summed E-state index contributed by atoms with van der Waals surface area (Å²) >= 11 is 0. The summed E-state index contributed by atoms with van der Waals surface area (Å²) in [5.41, 5.74) is 0.329. The minimum atomic E-state index is -1.21. The Morgan fingerprint density at radius 3 is 2.50 bits per heavy atom. The van der Waals surface area contributed by atoms with Gasteiger partial charge in [0.1, 0.15) is 0 Å². The maximum absolute atomic E-state index is 10.6. The molecular formula is C6H8O4. The van der Waals surface area contributed by atoms with Gasteiger partial charge in [-0.1, -0.05) is 0 Å². The molecule has 1 aliphatic rings. The lowest BCUT2D eigenvalue weighted by atomic mass is 10.3. The first-order valence-corrected chi connectivity index (χ1v) is 2.80. The summed E-state index contributed by atoms with van der Waals surface area (Å²) in [6.45, 7) is 1.54. The van der Waals surface area contributed by atoms with Gasteiger partial charge in [-0.15, -0.1) is 0 Å². The van der Waals surface area contributed by atoms with Crippen LogP contribution in [0.2, 0.25) is 0 Å². The number of methoxy groups -OCH3 is 1. The first-order valence-electron chi connectivity index (χ1n) is 2.80. The number of hydrogen-bond acceptors (Lipinski definition) is 4. The molecule has 0 amide bonds. The smallest absolute Gasteiger partial charge is 0.340 e. The normalized spacial score (nSPS) is 25.1. The largest absolute Gasteiger partial charge is 0.494 e. The van der Waals surface area contributed by atoms with Crippen molar-refractivity contribution >= 4 is 5.97 Å². The molecule has 0 aliphatic carbocycles. The highest BCUT2D eigenvalue weighted by atomic mass is 16.7. The third-order valence-corrected chi connectivity index (χ3v) is 1.34. The molecule has 0 bridgehead atoms. The number of carbonyl (C=O) groups is 1. The van der Waals surface area contributed by atoms with Gasteiger partial charge in [0.25, 0.3) is 6.29 Å². The molecular weight excluding hydrogens is 136 g/mol. The van der Waals surface area contributed by atoms with E-state index in [9.17, 15) is 4.79 Å². The van der Waals surface area contributed by atoms with Crippen LogP contribution in [0.5, 0.6) is 0 Å². The third-order valence-electron chi connectivity index (χ3n) is 1.34. The van der Waals surface area contributed by atoms with E-state index in [0.29, 0.717) is 5.57 Å². The summed E-state index contributed by atoms with van der Waals surface area (Å²) < 4.78 is 9.08. The highest BCUT2D eigenvalue weighted by Gasteiger charge is 2.30. The molecule has 0 radical (unpaired) electrons. The van der Waals surface area contributed by atoms with Crippen molar-refractivity contribution in [1.82, 2.24) is 0 Å². The highest BCUT2D eigenvalue weighted by molar-refractivity contribution is 5.90. The Kier molecular flexibility index (Phi) is 1.63. The second-order valence-electron chi connectivity index (χ2n) is 1.95. The maximum Gasteiger partial charge on any atom is 0.340 e. The molecule has 0 fully saturated rings. The molecule has 10 heavy (non-hydrogen) atoms. The van der Waals surface area contributed by atoms with Crippen molar-refractivity contribution in [2.75, 3.05) is 7.11 Å². The fraction of sp³-hybridized carbons (Fsp3) is 0.500. The van der Waals surface area contributed by atoms with Gasteiger partial charge >= 0.3 is 5.97 Å². The van der Waals surface area contributed by atoms with Crippen LogP contribution >= 0.6 is 0 Å². The first-order chi connectivity index (χ1) is 4.66. The molecule has 0 aromatic rings. The van der Waals surface area contributed by atoms with Crippen LogP contribution in [0.1, 0.15) is 6.92 Å². The summed E-state index contributed by atoms with van der Waals surface area (Å²) in [6.07, 6.45) is -1.21. The number of rotatable bonds is 1. The predicted octanol–water partition coefficient (Wildman–Crippen LogP) is -0.218. The molecule has 1 unspecified atom stereocenters. The van der Waals surface area contributed by atoms with Crippen LogP contribution < -0.4 is 0 Å². The molecule has 0 aromatic heterocycles. The standard InChI is InChI=1S/C6H8O4/c1-3-4(9-2)6(8)10-5(3)7/h6,8H,1-2H3. The fourth-order valence-corrected chi connectivity index (χ4v) is 0.783. The minimum absolute atomic E-state index is 0.199.